The second kappa shape index (κ2) is 9.95. The van der Waals surface area contributed by atoms with Crippen molar-refractivity contribution < 1.29 is 14.7 Å². The van der Waals surface area contributed by atoms with Crippen molar-refractivity contribution in [1.29, 1.82) is 0 Å². The van der Waals surface area contributed by atoms with Gasteiger partial charge in [-0.15, -0.1) is 0 Å². The first-order valence-electron chi connectivity index (χ1n) is 8.83. The zero-order valence-electron chi connectivity index (χ0n) is 15.7. The predicted molar refractivity (Wildman–Crippen MR) is 106 cm³/mol. The van der Waals surface area contributed by atoms with Gasteiger partial charge in [0.2, 0.25) is 5.91 Å². The smallest absolute Gasteiger partial charge is 0.326 e. The molecule has 4 nitrogen and oxygen atoms in total. The van der Waals surface area contributed by atoms with Gasteiger partial charge in [-0.05, 0) is 61.9 Å². The molecule has 5 heteroatoms. The van der Waals surface area contributed by atoms with Crippen LogP contribution in [0, 0.1) is 5.41 Å². The maximum absolute atomic E-state index is 12.3. The van der Waals surface area contributed by atoms with Crippen LogP contribution < -0.4 is 0 Å². The molecule has 1 N–H and O–H groups in total. The lowest BCUT2D eigenvalue weighted by molar-refractivity contribution is -0.146. The largest absolute Gasteiger partial charge is 0.480 e. The van der Waals surface area contributed by atoms with Gasteiger partial charge in [0, 0.05) is 6.54 Å². The highest BCUT2D eigenvalue weighted by molar-refractivity contribution is 9.11. The van der Waals surface area contributed by atoms with E-state index in [0.29, 0.717) is 13.0 Å². The second-order valence-electron chi connectivity index (χ2n) is 7.43. The van der Waals surface area contributed by atoms with Crippen molar-refractivity contribution >= 4 is 27.8 Å². The van der Waals surface area contributed by atoms with E-state index >= 15 is 0 Å². The van der Waals surface area contributed by atoms with Crippen molar-refractivity contribution in [3.8, 4) is 0 Å². The van der Waals surface area contributed by atoms with Crippen LogP contribution in [0.3, 0.4) is 0 Å². The standard InChI is InChI=1S/C20H30BrNO3/c1-15(7-5-8-16(2)21)10-12-20(3,4)13-11-18(23)22-14-6-9-17(22)19(24)25/h8,10-11,13,17H,5-7,9,12,14H2,1-4H3,(H,24,25)/b13-11+,15-10+,16-8+/t17-/m0/s1. The molecule has 1 rings (SSSR count). The molecule has 0 radical (unpaired) electrons. The average molecular weight is 412 g/mol. The highest BCUT2D eigenvalue weighted by atomic mass is 79.9. The van der Waals surface area contributed by atoms with Gasteiger partial charge in [-0.2, -0.15) is 0 Å². The number of carboxylic acids is 1. The van der Waals surface area contributed by atoms with E-state index < -0.39 is 12.0 Å². The van der Waals surface area contributed by atoms with Gasteiger partial charge in [-0.1, -0.05) is 53.6 Å². The fourth-order valence-electron chi connectivity index (χ4n) is 2.79. The predicted octanol–water partition coefficient (Wildman–Crippen LogP) is 5.06. The number of likely N-dealkylation sites (tertiary alicyclic amines) is 1. The highest BCUT2D eigenvalue weighted by Crippen LogP contribution is 2.25. The number of rotatable bonds is 8. The number of halogens is 1. The topological polar surface area (TPSA) is 57.6 Å². The van der Waals surface area contributed by atoms with E-state index in [2.05, 4.69) is 48.9 Å². The van der Waals surface area contributed by atoms with Crippen molar-refractivity contribution in [1.82, 2.24) is 4.90 Å². The molecule has 0 aromatic carbocycles. The maximum atomic E-state index is 12.3. The van der Waals surface area contributed by atoms with Crippen molar-refractivity contribution in [2.24, 2.45) is 5.41 Å². The van der Waals surface area contributed by atoms with Crippen LogP contribution in [0.2, 0.25) is 0 Å². The summed E-state index contributed by atoms with van der Waals surface area (Å²) in [5.74, 6) is -1.11. The number of carboxylic acid groups (broad SMARTS) is 1. The normalized spacial score (nSPS) is 19.7. The Balaban J connectivity index is 2.58. The third kappa shape index (κ3) is 8.04. The molecule has 0 aromatic heterocycles. The van der Waals surface area contributed by atoms with Gasteiger partial charge >= 0.3 is 5.97 Å². The van der Waals surface area contributed by atoms with Crippen LogP contribution in [0.5, 0.6) is 0 Å². The Morgan fingerprint density at radius 3 is 2.56 bits per heavy atom. The Hall–Kier alpha value is -1.36. The van der Waals surface area contributed by atoms with Gasteiger partial charge in [0.1, 0.15) is 6.04 Å². The first-order valence-corrected chi connectivity index (χ1v) is 9.62. The zero-order valence-corrected chi connectivity index (χ0v) is 17.3. The Morgan fingerprint density at radius 2 is 1.96 bits per heavy atom. The molecular formula is C20H30BrNO3. The van der Waals surface area contributed by atoms with E-state index in [0.717, 1.165) is 30.2 Å². The lowest BCUT2D eigenvalue weighted by Gasteiger charge is -2.22. The molecule has 0 bridgehead atoms. The molecule has 140 valence electrons. The molecule has 1 atom stereocenters. The van der Waals surface area contributed by atoms with Gasteiger partial charge in [0.25, 0.3) is 0 Å². The van der Waals surface area contributed by atoms with Gasteiger partial charge in [-0.3, -0.25) is 4.79 Å². The molecule has 0 unspecified atom stereocenters. The number of carbonyl (C=O) groups is 2. The number of hydrogen-bond donors (Lipinski definition) is 1. The minimum absolute atomic E-state index is 0.142. The molecule has 0 saturated carbocycles. The summed E-state index contributed by atoms with van der Waals surface area (Å²) < 4.78 is 1.16. The third-order valence-corrected chi connectivity index (χ3v) is 4.76. The van der Waals surface area contributed by atoms with Gasteiger partial charge in [0.05, 0.1) is 0 Å². The Bertz CT molecular complexity index is 571. The summed E-state index contributed by atoms with van der Waals surface area (Å²) in [6.07, 6.45) is 12.0. The Labute approximate surface area is 159 Å². The van der Waals surface area contributed by atoms with Crippen molar-refractivity contribution in [3.05, 3.63) is 34.4 Å². The molecule has 1 heterocycles. The molecule has 1 aliphatic heterocycles. The third-order valence-electron chi connectivity index (χ3n) is 4.44. The number of allylic oxidation sites excluding steroid dienone is 5. The van der Waals surface area contributed by atoms with E-state index in [9.17, 15) is 14.7 Å². The van der Waals surface area contributed by atoms with Crippen molar-refractivity contribution in [2.45, 2.75) is 65.8 Å². The van der Waals surface area contributed by atoms with Crippen LogP contribution in [-0.4, -0.2) is 34.5 Å². The quantitative estimate of drug-likeness (QED) is 0.448. The molecule has 25 heavy (non-hydrogen) atoms. The van der Waals surface area contributed by atoms with Crippen molar-refractivity contribution in [3.63, 3.8) is 0 Å². The molecule has 1 aliphatic rings. The second-order valence-corrected chi connectivity index (χ2v) is 8.68. The average Bonchev–Trinajstić information content (AvgIpc) is 3.00. The van der Waals surface area contributed by atoms with Crippen LogP contribution in [-0.2, 0) is 9.59 Å². The first kappa shape index (κ1) is 21.7. The van der Waals surface area contributed by atoms with E-state index in [1.807, 2.05) is 13.0 Å². The number of carbonyl (C=O) groups excluding carboxylic acids is 1. The van der Waals surface area contributed by atoms with Crippen LogP contribution in [0.1, 0.15) is 59.8 Å². The summed E-state index contributed by atoms with van der Waals surface area (Å²) in [5, 5.41) is 9.18. The molecule has 0 aromatic rings. The number of aliphatic carboxylic acids is 1. The summed E-state index contributed by atoms with van der Waals surface area (Å²) in [7, 11) is 0. The lowest BCUT2D eigenvalue weighted by atomic mass is 9.87. The van der Waals surface area contributed by atoms with Crippen LogP contribution in [0.4, 0.5) is 0 Å². The van der Waals surface area contributed by atoms with Crippen molar-refractivity contribution in [2.75, 3.05) is 6.54 Å². The SMILES string of the molecule is C/C(Br)=C\CC/C(C)=C/CC(C)(C)/C=C/C(=O)N1CCC[C@H]1C(=O)O. The van der Waals surface area contributed by atoms with Gasteiger partial charge in [0.15, 0.2) is 0 Å². The minimum Gasteiger partial charge on any atom is -0.480 e. The first-order chi connectivity index (χ1) is 11.6. The Kier molecular flexibility index (Phi) is 8.63. The number of nitrogens with zero attached hydrogens (tertiary/aromatic N) is 1. The van der Waals surface area contributed by atoms with Crippen LogP contribution in [0.25, 0.3) is 0 Å². The summed E-state index contributed by atoms with van der Waals surface area (Å²) in [5.41, 5.74) is 1.19. The molecule has 0 aliphatic carbocycles. The lowest BCUT2D eigenvalue weighted by Crippen LogP contribution is -2.39. The summed E-state index contributed by atoms with van der Waals surface area (Å²) in [4.78, 5) is 25.0. The molecular weight excluding hydrogens is 382 g/mol. The number of amides is 1. The maximum Gasteiger partial charge on any atom is 0.326 e. The minimum atomic E-state index is -0.912. The van der Waals surface area contributed by atoms with Gasteiger partial charge in [-0.25, -0.2) is 4.79 Å². The monoisotopic (exact) mass is 411 g/mol. The molecule has 1 saturated heterocycles. The fraction of sp³-hybridized carbons (Fsp3) is 0.600. The fourth-order valence-corrected chi connectivity index (χ4v) is 3.01. The Morgan fingerprint density at radius 1 is 1.28 bits per heavy atom. The van der Waals surface area contributed by atoms with E-state index in [1.54, 1.807) is 6.08 Å². The van der Waals surface area contributed by atoms with E-state index in [4.69, 9.17) is 0 Å². The molecule has 0 spiro atoms. The van der Waals surface area contributed by atoms with E-state index in [-0.39, 0.29) is 11.3 Å². The van der Waals surface area contributed by atoms with E-state index in [1.165, 1.54) is 10.5 Å². The summed E-state index contributed by atoms with van der Waals surface area (Å²) in [6.45, 7) is 8.85. The highest BCUT2D eigenvalue weighted by Gasteiger charge is 2.33. The zero-order chi connectivity index (χ0) is 19.0. The molecule has 1 fully saturated rings. The summed E-state index contributed by atoms with van der Waals surface area (Å²) >= 11 is 3.43. The van der Waals surface area contributed by atoms with Crippen LogP contribution in [0.15, 0.2) is 34.4 Å². The summed E-state index contributed by atoms with van der Waals surface area (Å²) in [6, 6.07) is -0.673. The number of hydrogen-bond acceptors (Lipinski definition) is 2. The molecule has 1 amide bonds. The van der Waals surface area contributed by atoms with Gasteiger partial charge < -0.3 is 10.0 Å². The van der Waals surface area contributed by atoms with Crippen LogP contribution >= 0.6 is 15.9 Å².